The Balaban J connectivity index is 1.47. The number of benzene rings is 2. The average molecular weight is 638 g/mol. The molecule has 1 aliphatic rings. The highest BCUT2D eigenvalue weighted by Gasteiger charge is 2.27. The van der Waals surface area contributed by atoms with Crippen LogP contribution in [0, 0.1) is 34.7 Å². The molecule has 2 aromatic carbocycles. The molecule has 2 amide bonds. The van der Waals surface area contributed by atoms with Gasteiger partial charge in [0.15, 0.2) is 17.4 Å². The van der Waals surface area contributed by atoms with Crippen molar-refractivity contribution >= 4 is 30.8 Å². The van der Waals surface area contributed by atoms with E-state index < -0.39 is 37.3 Å². The van der Waals surface area contributed by atoms with Crippen LogP contribution in [-0.4, -0.2) is 49.5 Å². The number of rotatable bonds is 11. The maximum Gasteiger partial charge on any atom is 0.319 e. The van der Waals surface area contributed by atoms with Gasteiger partial charge in [0.25, 0.3) is 0 Å². The van der Waals surface area contributed by atoms with Gasteiger partial charge in [0.05, 0.1) is 24.2 Å². The summed E-state index contributed by atoms with van der Waals surface area (Å²) in [5.74, 6) is -3.35. The second-order valence-electron chi connectivity index (χ2n) is 12.2. The topological polar surface area (TPSA) is 110 Å². The Labute approximate surface area is 259 Å². The van der Waals surface area contributed by atoms with Gasteiger partial charge in [-0.05, 0) is 19.1 Å². The highest BCUT2D eigenvalue weighted by Crippen LogP contribution is 2.41. The molecule has 5 rings (SSSR count). The Morgan fingerprint density at radius 2 is 1.89 bits per heavy atom. The van der Waals surface area contributed by atoms with Crippen molar-refractivity contribution in [2.75, 3.05) is 25.1 Å². The number of carbonyl (C=O) groups is 1. The third kappa shape index (κ3) is 7.30. The van der Waals surface area contributed by atoms with E-state index >= 15 is 8.78 Å². The molecule has 237 valence electrons. The fraction of sp³-hybridized carbons (Fsp3) is 0.344. The van der Waals surface area contributed by atoms with E-state index in [1.54, 1.807) is 16.8 Å². The van der Waals surface area contributed by atoms with Gasteiger partial charge in [-0.2, -0.15) is 24.9 Å². The zero-order chi connectivity index (χ0) is 32.3. The summed E-state index contributed by atoms with van der Waals surface area (Å²) in [4.78, 5) is 16.9. The minimum atomic E-state index is -1.35. The van der Waals surface area contributed by atoms with Gasteiger partial charge < -0.3 is 29.4 Å². The predicted octanol–water partition coefficient (Wildman–Crippen LogP) is 7.25. The van der Waals surface area contributed by atoms with Gasteiger partial charge in [0, 0.05) is 59.9 Å². The van der Waals surface area contributed by atoms with Crippen molar-refractivity contribution in [3.8, 4) is 28.7 Å². The number of ether oxygens (including phenoxy) is 3. The largest absolute Gasteiger partial charge is 0.450 e. The Bertz CT molecular complexity index is 1740. The standard InChI is InChI=1S/C32H34F3N5O4Si/c1-19(20-16-43-17-20)38-32(41)39-21-12-26(34)30(27(35)13-21)44-28-8-9-37-31-29(28)24(22-6-5-7-25(33)23(22)14-36)15-40(31)18-42-10-11-45(2,3)4/h5-9,12-13,15,19-20H,10-11,16-18H2,1-4H3,(H2,38,39,41)/q-1. The first-order valence-corrected chi connectivity index (χ1v) is 18.2. The van der Waals surface area contributed by atoms with Gasteiger partial charge >= 0.3 is 6.03 Å². The monoisotopic (exact) mass is 637 g/mol. The molecule has 0 aliphatic carbocycles. The van der Waals surface area contributed by atoms with Crippen LogP contribution in [0.3, 0.4) is 0 Å². The Morgan fingerprint density at radius 3 is 2.53 bits per heavy atom. The van der Waals surface area contributed by atoms with E-state index in [0.717, 1.165) is 18.2 Å². The molecule has 1 unspecified atom stereocenters. The van der Waals surface area contributed by atoms with E-state index in [0.29, 0.717) is 36.4 Å². The van der Waals surface area contributed by atoms with Crippen molar-refractivity contribution in [1.82, 2.24) is 14.9 Å². The van der Waals surface area contributed by atoms with Crippen LogP contribution < -0.4 is 15.4 Å². The number of hydrogen-bond acceptors (Lipinski definition) is 6. The molecule has 2 aromatic heterocycles. The van der Waals surface area contributed by atoms with Crippen LogP contribution in [0.5, 0.6) is 11.5 Å². The average Bonchev–Trinajstić information content (AvgIpc) is 3.30. The lowest BCUT2D eigenvalue weighted by Gasteiger charge is -2.31. The molecule has 0 spiro atoms. The van der Waals surface area contributed by atoms with Gasteiger partial charge in [0.2, 0.25) is 0 Å². The summed E-state index contributed by atoms with van der Waals surface area (Å²) in [5, 5.41) is 15.2. The molecular weight excluding hydrogens is 603 g/mol. The molecule has 1 atom stereocenters. The number of halogens is 3. The Hall–Kier alpha value is -4.38. The molecule has 0 radical (unpaired) electrons. The van der Waals surface area contributed by atoms with Crippen molar-refractivity contribution < 1.29 is 32.2 Å². The third-order valence-electron chi connectivity index (χ3n) is 7.56. The third-order valence-corrected chi connectivity index (χ3v) is 9.26. The number of pyridine rings is 1. The van der Waals surface area contributed by atoms with Crippen LogP contribution in [0.2, 0.25) is 25.7 Å². The lowest BCUT2D eigenvalue weighted by Crippen LogP contribution is -2.47. The number of amides is 2. The number of aromatic nitrogens is 2. The number of hydrogen-bond donors (Lipinski definition) is 2. The quantitative estimate of drug-likeness (QED) is 0.132. The number of fused-ring (bicyclic) bond motifs is 1. The summed E-state index contributed by atoms with van der Waals surface area (Å²) in [6.45, 7) is 10.2. The van der Waals surface area contributed by atoms with E-state index in [2.05, 4.69) is 35.3 Å². The first-order chi connectivity index (χ1) is 21.4. The normalized spacial score (nSPS) is 14.1. The Morgan fingerprint density at radius 1 is 1.16 bits per heavy atom. The lowest BCUT2D eigenvalue weighted by molar-refractivity contribution is -0.0444. The number of nitrogens with zero attached hydrogens (tertiary/aromatic N) is 3. The van der Waals surface area contributed by atoms with E-state index in [-0.39, 0.29) is 41.3 Å². The molecular formula is C32H34F3N5O4Si-. The molecule has 4 aromatic rings. The maximum absolute atomic E-state index is 15.3. The molecule has 1 fully saturated rings. The number of nitriles is 1. The number of urea groups is 1. The summed E-state index contributed by atoms with van der Waals surface area (Å²) in [7, 11) is -1.35. The molecule has 1 aliphatic heterocycles. The van der Waals surface area contributed by atoms with Crippen molar-refractivity contribution in [1.29, 1.82) is 5.26 Å². The van der Waals surface area contributed by atoms with Crippen LogP contribution in [0.1, 0.15) is 12.5 Å². The van der Waals surface area contributed by atoms with E-state index in [4.69, 9.17) is 14.2 Å². The van der Waals surface area contributed by atoms with Gasteiger partial charge in [-0.15, -0.1) is 14.1 Å². The number of anilines is 1. The molecule has 0 bridgehead atoms. The van der Waals surface area contributed by atoms with Crippen LogP contribution in [0.4, 0.5) is 23.7 Å². The first-order valence-electron chi connectivity index (χ1n) is 14.5. The lowest BCUT2D eigenvalue weighted by atomic mass is 10.00. The summed E-state index contributed by atoms with van der Waals surface area (Å²) < 4.78 is 63.9. The smallest absolute Gasteiger partial charge is 0.319 e. The molecule has 0 saturated carbocycles. The van der Waals surface area contributed by atoms with Crippen molar-refractivity contribution in [2.24, 2.45) is 5.92 Å². The van der Waals surface area contributed by atoms with Crippen molar-refractivity contribution in [2.45, 2.75) is 45.4 Å². The summed E-state index contributed by atoms with van der Waals surface area (Å²) in [6.07, 6.45) is 3.07. The van der Waals surface area contributed by atoms with Crippen LogP contribution >= 0.6 is 0 Å². The highest BCUT2D eigenvalue weighted by molar-refractivity contribution is 6.76. The van der Waals surface area contributed by atoms with Crippen molar-refractivity contribution in [3.05, 3.63) is 71.8 Å². The molecule has 2 N–H and O–H groups in total. The SMILES string of the molecule is CC(NC(=O)Nc1cc(F)c(Oc2ccnc3c2c(-c2cccc(F)c2C#N)cn3COCC[Si-](C)(C)C)c(F)c1)C1COC1. The number of carbonyl (C=O) groups excluding carboxylic acids is 1. The van der Waals surface area contributed by atoms with Crippen LogP contribution in [-0.2, 0) is 16.2 Å². The van der Waals surface area contributed by atoms with Crippen molar-refractivity contribution in [3.63, 3.8) is 0 Å². The first kappa shape index (κ1) is 32.0. The molecule has 45 heavy (non-hydrogen) atoms. The second-order valence-corrected chi connectivity index (χ2v) is 17.8. The molecule has 1 saturated heterocycles. The minimum absolute atomic E-state index is 0.0248. The summed E-state index contributed by atoms with van der Waals surface area (Å²) in [6, 6.07) is 9.60. The van der Waals surface area contributed by atoms with Gasteiger partial charge in [-0.3, -0.25) is 0 Å². The minimum Gasteiger partial charge on any atom is -0.450 e. The second kappa shape index (κ2) is 13.3. The fourth-order valence-corrected chi connectivity index (χ4v) is 5.61. The zero-order valence-corrected chi connectivity index (χ0v) is 26.4. The van der Waals surface area contributed by atoms with Gasteiger partial charge in [0.1, 0.15) is 30.0 Å². The molecule has 9 nitrogen and oxygen atoms in total. The fourth-order valence-electron chi connectivity index (χ4n) is 4.85. The van der Waals surface area contributed by atoms with Gasteiger partial charge in [-0.25, -0.2) is 22.9 Å². The summed E-state index contributed by atoms with van der Waals surface area (Å²) in [5.41, 5.74) is 0.684. The zero-order valence-electron chi connectivity index (χ0n) is 25.4. The van der Waals surface area contributed by atoms with Crippen LogP contribution in [0.15, 0.2) is 48.8 Å². The maximum atomic E-state index is 15.3. The Kier molecular flexibility index (Phi) is 9.47. The molecule has 3 heterocycles. The molecule has 13 heteroatoms. The van der Waals surface area contributed by atoms with Gasteiger partial charge in [-0.1, -0.05) is 12.1 Å². The van der Waals surface area contributed by atoms with E-state index in [1.807, 2.05) is 13.0 Å². The van der Waals surface area contributed by atoms with E-state index in [9.17, 15) is 14.4 Å². The number of nitrogens with one attached hydrogen (secondary N) is 2. The highest BCUT2D eigenvalue weighted by atomic mass is 28.3. The summed E-state index contributed by atoms with van der Waals surface area (Å²) >= 11 is 0. The predicted molar refractivity (Wildman–Crippen MR) is 166 cm³/mol. The van der Waals surface area contributed by atoms with E-state index in [1.165, 1.54) is 24.4 Å². The van der Waals surface area contributed by atoms with Crippen LogP contribution in [0.25, 0.3) is 22.2 Å².